The molecule has 152 valence electrons. The minimum absolute atomic E-state index is 0. The number of hydrogen-bond donors (Lipinski definition) is 1. The topological polar surface area (TPSA) is 58.8 Å². The predicted molar refractivity (Wildman–Crippen MR) is 114 cm³/mol. The summed E-state index contributed by atoms with van der Waals surface area (Å²) in [6.45, 7) is 8.11. The number of halogens is 4. The monoisotopic (exact) mass is 447 g/mol. The summed E-state index contributed by atoms with van der Waals surface area (Å²) in [5.41, 5.74) is 6.85. The number of rotatable bonds is 10. The molecule has 0 spiro atoms. The van der Waals surface area contributed by atoms with Gasteiger partial charge >= 0.3 is 0 Å². The van der Waals surface area contributed by atoms with Crippen LogP contribution in [0.15, 0.2) is 18.2 Å². The van der Waals surface area contributed by atoms with E-state index < -0.39 is 6.04 Å². The molecule has 0 radical (unpaired) electrons. The summed E-state index contributed by atoms with van der Waals surface area (Å²) in [4.78, 5) is 16.6. The molecule has 1 atom stereocenters. The number of methoxy groups -OCH3 is 1. The van der Waals surface area contributed by atoms with Crippen molar-refractivity contribution in [3.05, 3.63) is 33.8 Å². The molecule has 1 unspecified atom stereocenters. The molecule has 1 aromatic carbocycles. The molecular weight excluding hydrogens is 420 g/mol. The molecule has 0 heterocycles. The normalized spacial score (nSPS) is 11.5. The maximum absolute atomic E-state index is 12.6. The molecule has 2 N–H and O–H groups in total. The number of carbonyl (C=O) groups excluding carboxylic acids is 1. The van der Waals surface area contributed by atoms with Gasteiger partial charge in [0.15, 0.2) is 0 Å². The van der Waals surface area contributed by atoms with Gasteiger partial charge in [-0.2, -0.15) is 0 Å². The van der Waals surface area contributed by atoms with Crippen molar-refractivity contribution in [1.82, 2.24) is 9.80 Å². The van der Waals surface area contributed by atoms with Crippen molar-refractivity contribution >= 4 is 53.9 Å². The highest BCUT2D eigenvalue weighted by molar-refractivity contribution is 6.42. The third kappa shape index (κ3) is 9.09. The van der Waals surface area contributed by atoms with E-state index in [1.165, 1.54) is 7.11 Å². The van der Waals surface area contributed by atoms with E-state index in [2.05, 4.69) is 18.7 Å². The van der Waals surface area contributed by atoms with Crippen molar-refractivity contribution in [3.8, 4) is 0 Å². The van der Waals surface area contributed by atoms with Crippen LogP contribution in [0.2, 0.25) is 10.0 Å². The van der Waals surface area contributed by atoms with Gasteiger partial charge in [-0.1, -0.05) is 43.1 Å². The molecule has 1 aromatic rings. The number of carbonyl (C=O) groups is 1. The van der Waals surface area contributed by atoms with E-state index in [-0.39, 0.29) is 37.3 Å². The van der Waals surface area contributed by atoms with Crippen LogP contribution in [0.25, 0.3) is 0 Å². The first kappa shape index (κ1) is 27.9. The minimum Gasteiger partial charge on any atom is -0.383 e. The van der Waals surface area contributed by atoms with Gasteiger partial charge in [-0.05, 0) is 30.8 Å². The zero-order chi connectivity index (χ0) is 18.1. The van der Waals surface area contributed by atoms with Crippen molar-refractivity contribution in [2.24, 2.45) is 5.73 Å². The second kappa shape index (κ2) is 14.7. The molecule has 1 rings (SSSR count). The third-order valence-corrected chi connectivity index (χ3v) is 4.65. The van der Waals surface area contributed by atoms with Gasteiger partial charge < -0.3 is 20.3 Å². The second-order valence-electron chi connectivity index (χ2n) is 5.60. The summed E-state index contributed by atoms with van der Waals surface area (Å²) >= 11 is 12.0. The number of ether oxygens (including phenoxy) is 1. The third-order valence-electron chi connectivity index (χ3n) is 3.91. The van der Waals surface area contributed by atoms with Gasteiger partial charge in [-0.15, -0.1) is 24.8 Å². The molecule has 0 aromatic heterocycles. The highest BCUT2D eigenvalue weighted by Crippen LogP contribution is 2.23. The first-order chi connectivity index (χ1) is 11.4. The quantitative estimate of drug-likeness (QED) is 0.595. The Morgan fingerprint density at radius 3 is 2.27 bits per heavy atom. The van der Waals surface area contributed by atoms with Gasteiger partial charge in [-0.25, -0.2) is 0 Å². The standard InChI is InChI=1S/C17H27Cl2N3O2.2ClH/c1-4-21(5-2)8-9-22(17(23)16(20)12-24-3)11-13-6-7-14(18)15(19)10-13;;/h6-7,10,16H,4-5,8-9,11-12,20H2,1-3H3;2*1H. The summed E-state index contributed by atoms with van der Waals surface area (Å²) in [7, 11) is 1.53. The second-order valence-corrected chi connectivity index (χ2v) is 6.41. The van der Waals surface area contributed by atoms with Gasteiger partial charge in [-0.3, -0.25) is 4.79 Å². The predicted octanol–water partition coefficient (Wildman–Crippen LogP) is 3.48. The largest absolute Gasteiger partial charge is 0.383 e. The molecule has 0 fully saturated rings. The van der Waals surface area contributed by atoms with E-state index >= 15 is 0 Å². The number of likely N-dealkylation sites (N-methyl/N-ethyl adjacent to an activating group) is 1. The van der Waals surface area contributed by atoms with Crippen LogP contribution in [-0.4, -0.2) is 61.6 Å². The summed E-state index contributed by atoms with van der Waals surface area (Å²) in [6.07, 6.45) is 0. The fraction of sp³-hybridized carbons (Fsp3) is 0.588. The average Bonchev–Trinajstić information content (AvgIpc) is 2.57. The Kier molecular flexibility index (Phi) is 15.8. The minimum atomic E-state index is -0.672. The highest BCUT2D eigenvalue weighted by atomic mass is 35.5. The summed E-state index contributed by atoms with van der Waals surface area (Å²) < 4.78 is 5.01. The van der Waals surface area contributed by atoms with E-state index in [0.717, 1.165) is 25.2 Å². The van der Waals surface area contributed by atoms with Crippen LogP contribution >= 0.6 is 48.0 Å². The Morgan fingerprint density at radius 2 is 1.77 bits per heavy atom. The van der Waals surface area contributed by atoms with Gasteiger partial charge in [0.25, 0.3) is 0 Å². The van der Waals surface area contributed by atoms with Crippen molar-refractivity contribution in [3.63, 3.8) is 0 Å². The first-order valence-corrected chi connectivity index (χ1v) is 8.88. The Labute approximate surface area is 178 Å². The molecule has 0 aliphatic rings. The van der Waals surface area contributed by atoms with E-state index in [4.69, 9.17) is 33.7 Å². The molecule has 5 nitrogen and oxygen atoms in total. The van der Waals surface area contributed by atoms with Crippen molar-refractivity contribution in [2.75, 3.05) is 39.9 Å². The molecule has 9 heteroatoms. The van der Waals surface area contributed by atoms with Crippen LogP contribution in [0.5, 0.6) is 0 Å². The number of nitrogens with two attached hydrogens (primary N) is 1. The van der Waals surface area contributed by atoms with Crippen molar-refractivity contribution in [1.29, 1.82) is 0 Å². The zero-order valence-corrected chi connectivity index (χ0v) is 18.6. The number of hydrogen-bond acceptors (Lipinski definition) is 4. The Hall–Kier alpha value is -0.270. The Balaban J connectivity index is 0. The lowest BCUT2D eigenvalue weighted by molar-refractivity contribution is -0.134. The average molecular weight is 449 g/mol. The molecule has 0 bridgehead atoms. The van der Waals surface area contributed by atoms with E-state index in [1.807, 2.05) is 6.07 Å². The summed E-state index contributed by atoms with van der Waals surface area (Å²) in [5, 5.41) is 0.976. The highest BCUT2D eigenvalue weighted by Gasteiger charge is 2.21. The fourth-order valence-electron chi connectivity index (χ4n) is 2.41. The lowest BCUT2D eigenvalue weighted by Crippen LogP contribution is -2.48. The lowest BCUT2D eigenvalue weighted by atomic mass is 10.2. The number of nitrogens with zero attached hydrogens (tertiary/aromatic N) is 2. The van der Waals surface area contributed by atoms with Crippen LogP contribution in [0.3, 0.4) is 0 Å². The molecular formula is C17H29Cl4N3O2. The van der Waals surface area contributed by atoms with Crippen LogP contribution in [0, 0.1) is 0 Å². The van der Waals surface area contributed by atoms with Crippen molar-refractivity contribution in [2.45, 2.75) is 26.4 Å². The molecule has 0 saturated heterocycles. The van der Waals surface area contributed by atoms with Crippen LogP contribution < -0.4 is 5.73 Å². The number of amides is 1. The van der Waals surface area contributed by atoms with E-state index in [1.54, 1.807) is 17.0 Å². The molecule has 26 heavy (non-hydrogen) atoms. The van der Waals surface area contributed by atoms with Gasteiger partial charge in [0.2, 0.25) is 5.91 Å². The van der Waals surface area contributed by atoms with Gasteiger partial charge in [0.1, 0.15) is 6.04 Å². The molecule has 0 saturated carbocycles. The Morgan fingerprint density at radius 1 is 1.15 bits per heavy atom. The van der Waals surface area contributed by atoms with Crippen LogP contribution in [-0.2, 0) is 16.1 Å². The van der Waals surface area contributed by atoms with Crippen molar-refractivity contribution < 1.29 is 9.53 Å². The van der Waals surface area contributed by atoms with Gasteiger partial charge in [0, 0.05) is 26.7 Å². The lowest BCUT2D eigenvalue weighted by Gasteiger charge is -2.28. The van der Waals surface area contributed by atoms with Gasteiger partial charge in [0.05, 0.1) is 16.7 Å². The van der Waals surface area contributed by atoms with Crippen LogP contribution in [0.4, 0.5) is 0 Å². The summed E-state index contributed by atoms with van der Waals surface area (Å²) in [6, 6.07) is 4.72. The Bertz CT molecular complexity index is 531. The zero-order valence-electron chi connectivity index (χ0n) is 15.4. The van der Waals surface area contributed by atoms with Crippen LogP contribution in [0.1, 0.15) is 19.4 Å². The first-order valence-electron chi connectivity index (χ1n) is 8.12. The fourth-order valence-corrected chi connectivity index (χ4v) is 2.73. The summed E-state index contributed by atoms with van der Waals surface area (Å²) in [5.74, 6) is -0.130. The number of benzene rings is 1. The smallest absolute Gasteiger partial charge is 0.242 e. The molecule has 0 aliphatic carbocycles. The molecule has 0 aliphatic heterocycles. The maximum Gasteiger partial charge on any atom is 0.242 e. The molecule has 1 amide bonds. The van der Waals surface area contributed by atoms with E-state index in [9.17, 15) is 4.79 Å². The van der Waals surface area contributed by atoms with E-state index in [0.29, 0.717) is 23.1 Å². The SMILES string of the molecule is CCN(CC)CCN(Cc1ccc(Cl)c(Cl)c1)C(=O)C(N)COC.Cl.Cl. The maximum atomic E-state index is 12.6.